The van der Waals surface area contributed by atoms with E-state index in [-0.39, 0.29) is 11.2 Å². The topological polar surface area (TPSA) is 42.0 Å². The second-order valence-electron chi connectivity index (χ2n) is 5.35. The molecule has 0 spiro atoms. The molecule has 0 unspecified atom stereocenters. The Hall–Kier alpha value is -1.85. The number of carbonyl (C=O) groups excluding carboxylic acids is 1. The van der Waals surface area contributed by atoms with Crippen molar-refractivity contribution in [2.24, 2.45) is 0 Å². The molecule has 1 amide bonds. The molecule has 4 rings (SSSR count). The van der Waals surface area contributed by atoms with E-state index in [1.54, 1.807) is 11.8 Å². The Balaban J connectivity index is 1.54. The number of aryl methyl sites for hydroxylation is 1. The Kier molecular flexibility index (Phi) is 3.39. The van der Waals surface area contributed by atoms with E-state index in [0.717, 1.165) is 22.2 Å². The van der Waals surface area contributed by atoms with Crippen molar-refractivity contribution < 1.29 is 4.79 Å². The van der Waals surface area contributed by atoms with E-state index >= 15 is 0 Å². The molecular formula is C17H14N2OS2. The Morgan fingerprint density at radius 3 is 2.91 bits per heavy atom. The lowest BCUT2D eigenvalue weighted by Gasteiger charge is -2.07. The van der Waals surface area contributed by atoms with Crippen molar-refractivity contribution >= 4 is 44.4 Å². The van der Waals surface area contributed by atoms with E-state index < -0.39 is 0 Å². The first kappa shape index (κ1) is 13.8. The number of anilines is 1. The normalized spacial score (nSPS) is 16.7. The second kappa shape index (κ2) is 5.41. The number of nitrogens with one attached hydrogen (secondary N) is 1. The molecule has 0 saturated heterocycles. The van der Waals surface area contributed by atoms with E-state index in [2.05, 4.69) is 22.4 Å². The van der Waals surface area contributed by atoms with Crippen molar-refractivity contribution in [3.05, 3.63) is 53.6 Å². The molecule has 1 aliphatic rings. The smallest absolute Gasteiger partial charge is 0.239 e. The SMILES string of the molecule is Cc1cccc2sc(NC(=O)[C@H]3Cc4ccccc4S3)nc12. The third kappa shape index (κ3) is 2.40. The Bertz CT molecular complexity index is 847. The van der Waals surface area contributed by atoms with Crippen molar-refractivity contribution in [3.63, 3.8) is 0 Å². The lowest BCUT2D eigenvalue weighted by Crippen LogP contribution is -2.24. The molecular weight excluding hydrogens is 312 g/mol. The molecule has 110 valence electrons. The maximum absolute atomic E-state index is 12.5. The number of fused-ring (bicyclic) bond motifs is 2. The van der Waals surface area contributed by atoms with Crippen LogP contribution in [-0.2, 0) is 11.2 Å². The molecule has 1 aromatic heterocycles. The van der Waals surface area contributed by atoms with Crippen LogP contribution in [0.15, 0.2) is 47.4 Å². The predicted octanol–water partition coefficient (Wildman–Crippen LogP) is 4.26. The summed E-state index contributed by atoms with van der Waals surface area (Å²) in [5.41, 5.74) is 3.37. The highest BCUT2D eigenvalue weighted by atomic mass is 32.2. The number of amides is 1. The van der Waals surface area contributed by atoms with E-state index in [1.165, 1.54) is 21.8 Å². The molecule has 1 atom stereocenters. The summed E-state index contributed by atoms with van der Waals surface area (Å²) in [6.07, 6.45) is 0.788. The van der Waals surface area contributed by atoms with Gasteiger partial charge >= 0.3 is 0 Å². The molecule has 22 heavy (non-hydrogen) atoms. The lowest BCUT2D eigenvalue weighted by molar-refractivity contribution is -0.115. The number of benzene rings is 2. The minimum atomic E-state index is -0.0643. The van der Waals surface area contributed by atoms with Gasteiger partial charge in [0, 0.05) is 4.90 Å². The zero-order valence-electron chi connectivity index (χ0n) is 12.0. The van der Waals surface area contributed by atoms with Crippen LogP contribution in [-0.4, -0.2) is 16.1 Å². The van der Waals surface area contributed by atoms with E-state index in [1.807, 2.05) is 37.3 Å². The summed E-state index contributed by atoms with van der Waals surface area (Å²) in [6, 6.07) is 14.3. The van der Waals surface area contributed by atoms with Crippen LogP contribution in [0.2, 0.25) is 0 Å². The van der Waals surface area contributed by atoms with E-state index in [9.17, 15) is 4.79 Å². The van der Waals surface area contributed by atoms with Crippen LogP contribution >= 0.6 is 23.1 Å². The van der Waals surface area contributed by atoms with E-state index in [0.29, 0.717) is 5.13 Å². The predicted molar refractivity (Wildman–Crippen MR) is 92.8 cm³/mol. The number of thiazole rings is 1. The molecule has 1 N–H and O–H groups in total. The highest BCUT2D eigenvalue weighted by Gasteiger charge is 2.28. The highest BCUT2D eigenvalue weighted by Crippen LogP contribution is 2.37. The molecule has 0 fully saturated rings. The highest BCUT2D eigenvalue weighted by molar-refractivity contribution is 8.01. The summed E-state index contributed by atoms with van der Waals surface area (Å²) in [6.45, 7) is 2.04. The minimum absolute atomic E-state index is 0.0397. The summed E-state index contributed by atoms with van der Waals surface area (Å²) in [7, 11) is 0. The van der Waals surface area contributed by atoms with Gasteiger partial charge < -0.3 is 5.32 Å². The molecule has 3 nitrogen and oxygen atoms in total. The molecule has 5 heteroatoms. The van der Waals surface area contributed by atoms with Crippen LogP contribution in [0.4, 0.5) is 5.13 Å². The maximum Gasteiger partial charge on any atom is 0.239 e. The quantitative estimate of drug-likeness (QED) is 0.765. The van der Waals surface area contributed by atoms with Crippen molar-refractivity contribution in [3.8, 4) is 0 Å². The fourth-order valence-electron chi connectivity index (χ4n) is 2.65. The van der Waals surface area contributed by atoms with Crippen LogP contribution in [0.1, 0.15) is 11.1 Å². The minimum Gasteiger partial charge on any atom is -0.301 e. The molecule has 1 aliphatic heterocycles. The summed E-state index contributed by atoms with van der Waals surface area (Å²) in [5.74, 6) is 0.0397. The van der Waals surface area contributed by atoms with Crippen LogP contribution in [0.5, 0.6) is 0 Å². The van der Waals surface area contributed by atoms with Gasteiger partial charge in [0.05, 0.1) is 15.5 Å². The number of hydrogen-bond donors (Lipinski definition) is 1. The third-order valence-electron chi connectivity index (χ3n) is 3.79. The monoisotopic (exact) mass is 326 g/mol. The van der Waals surface area contributed by atoms with Gasteiger partial charge in [-0.15, -0.1) is 11.8 Å². The lowest BCUT2D eigenvalue weighted by atomic mass is 10.1. The van der Waals surface area contributed by atoms with Gasteiger partial charge in [0.2, 0.25) is 5.91 Å². The molecule has 0 saturated carbocycles. The average molecular weight is 326 g/mol. The largest absolute Gasteiger partial charge is 0.301 e. The molecule has 0 aliphatic carbocycles. The zero-order valence-corrected chi connectivity index (χ0v) is 13.6. The number of thioether (sulfide) groups is 1. The van der Waals surface area contributed by atoms with Crippen LogP contribution in [0.25, 0.3) is 10.2 Å². The Morgan fingerprint density at radius 2 is 2.09 bits per heavy atom. The first-order valence-electron chi connectivity index (χ1n) is 7.12. The van der Waals surface area contributed by atoms with Gasteiger partial charge in [0.25, 0.3) is 0 Å². The summed E-state index contributed by atoms with van der Waals surface area (Å²) < 4.78 is 1.11. The molecule has 0 bridgehead atoms. The average Bonchev–Trinajstić information content (AvgIpc) is 3.11. The number of rotatable bonds is 2. The van der Waals surface area contributed by atoms with Gasteiger partial charge in [-0.3, -0.25) is 4.79 Å². The van der Waals surface area contributed by atoms with Gasteiger partial charge in [0.1, 0.15) is 0 Å². The van der Waals surface area contributed by atoms with Crippen LogP contribution < -0.4 is 5.32 Å². The van der Waals surface area contributed by atoms with Crippen LogP contribution in [0, 0.1) is 6.92 Å². The van der Waals surface area contributed by atoms with Crippen molar-refractivity contribution in [2.75, 3.05) is 5.32 Å². The standard InChI is InChI=1S/C17H14N2OS2/c1-10-5-4-8-13-15(10)18-17(22-13)19-16(20)14-9-11-6-2-3-7-12(11)21-14/h2-8,14H,9H2,1H3,(H,18,19,20)/t14-/m1/s1. The molecule has 2 heterocycles. The third-order valence-corrected chi connectivity index (χ3v) is 6.04. The number of nitrogens with zero attached hydrogens (tertiary/aromatic N) is 1. The Labute approximate surface area is 136 Å². The summed E-state index contributed by atoms with van der Waals surface area (Å²) in [4.78, 5) is 18.2. The Morgan fingerprint density at radius 1 is 1.23 bits per heavy atom. The van der Waals surface area contributed by atoms with Gasteiger partial charge in [-0.1, -0.05) is 41.7 Å². The first-order chi connectivity index (χ1) is 10.7. The molecule has 3 aromatic rings. The van der Waals surface area contributed by atoms with Gasteiger partial charge in [-0.05, 0) is 36.6 Å². The second-order valence-corrected chi connectivity index (χ2v) is 7.62. The van der Waals surface area contributed by atoms with Crippen LogP contribution in [0.3, 0.4) is 0 Å². The number of carbonyl (C=O) groups is 1. The summed E-state index contributed by atoms with van der Waals surface area (Å²) >= 11 is 3.17. The number of aromatic nitrogens is 1. The van der Waals surface area contributed by atoms with Gasteiger partial charge in [-0.25, -0.2) is 4.98 Å². The first-order valence-corrected chi connectivity index (χ1v) is 8.82. The van der Waals surface area contributed by atoms with Crippen molar-refractivity contribution in [1.29, 1.82) is 0 Å². The summed E-state index contributed by atoms with van der Waals surface area (Å²) in [5, 5.41) is 3.60. The number of hydrogen-bond acceptors (Lipinski definition) is 4. The molecule has 0 radical (unpaired) electrons. The maximum atomic E-state index is 12.5. The van der Waals surface area contributed by atoms with Crippen molar-refractivity contribution in [1.82, 2.24) is 4.98 Å². The molecule has 2 aromatic carbocycles. The zero-order chi connectivity index (χ0) is 15.1. The van der Waals surface area contributed by atoms with Gasteiger partial charge in [0.15, 0.2) is 5.13 Å². The number of para-hydroxylation sites is 1. The fourth-order valence-corrected chi connectivity index (χ4v) is 4.80. The van der Waals surface area contributed by atoms with Gasteiger partial charge in [-0.2, -0.15) is 0 Å². The fraction of sp³-hybridized carbons (Fsp3) is 0.176. The van der Waals surface area contributed by atoms with E-state index in [4.69, 9.17) is 0 Å². The van der Waals surface area contributed by atoms with Crippen molar-refractivity contribution in [2.45, 2.75) is 23.5 Å².